The fourth-order valence-electron chi connectivity index (χ4n) is 3.08. The van der Waals surface area contributed by atoms with Crippen LogP contribution in [0.1, 0.15) is 17.5 Å². The molecule has 0 unspecified atom stereocenters. The van der Waals surface area contributed by atoms with E-state index in [0.717, 1.165) is 62.7 Å². The van der Waals surface area contributed by atoms with Crippen LogP contribution in [-0.4, -0.2) is 50.3 Å². The number of ether oxygens (including phenoxy) is 2. The van der Waals surface area contributed by atoms with E-state index in [1.807, 2.05) is 36.4 Å². The molecule has 0 bridgehead atoms. The van der Waals surface area contributed by atoms with Gasteiger partial charge in [0.15, 0.2) is 5.96 Å². The Balaban J connectivity index is 0.00000300. The number of nitrogens with zero attached hydrogens (tertiary/aromatic N) is 2. The molecule has 1 aliphatic heterocycles. The molecule has 1 fully saturated rings. The minimum Gasteiger partial charge on any atom is -0.489 e. The molecule has 0 atom stereocenters. The highest BCUT2D eigenvalue weighted by molar-refractivity contribution is 14.0. The van der Waals surface area contributed by atoms with Crippen molar-refractivity contribution in [3.05, 3.63) is 65.7 Å². The summed E-state index contributed by atoms with van der Waals surface area (Å²) in [7, 11) is 0. The van der Waals surface area contributed by atoms with Gasteiger partial charge < -0.3 is 20.5 Å². The third kappa shape index (κ3) is 9.01. The van der Waals surface area contributed by atoms with Crippen molar-refractivity contribution in [2.75, 3.05) is 39.4 Å². The van der Waals surface area contributed by atoms with Gasteiger partial charge >= 0.3 is 0 Å². The Morgan fingerprint density at radius 2 is 1.83 bits per heavy atom. The molecule has 0 amide bonds. The zero-order valence-corrected chi connectivity index (χ0v) is 19.1. The number of hydrogen-bond acceptors (Lipinski definition) is 4. The number of nitrogens with two attached hydrogens (primary N) is 1. The molecule has 6 nitrogen and oxygen atoms in total. The predicted molar refractivity (Wildman–Crippen MR) is 128 cm³/mol. The molecular weight excluding hydrogens is 479 g/mol. The van der Waals surface area contributed by atoms with Crippen LogP contribution in [0.3, 0.4) is 0 Å². The van der Waals surface area contributed by atoms with Gasteiger partial charge in [-0.15, -0.1) is 24.0 Å². The lowest BCUT2D eigenvalue weighted by atomic mass is 10.1. The molecule has 0 aliphatic carbocycles. The summed E-state index contributed by atoms with van der Waals surface area (Å²) in [6.45, 7) is 6.71. The van der Waals surface area contributed by atoms with Crippen molar-refractivity contribution in [2.45, 2.75) is 19.6 Å². The third-order valence-electron chi connectivity index (χ3n) is 4.63. The molecule has 0 saturated carbocycles. The van der Waals surface area contributed by atoms with Crippen LogP contribution in [0.15, 0.2) is 59.6 Å². The van der Waals surface area contributed by atoms with E-state index >= 15 is 0 Å². The lowest BCUT2D eigenvalue weighted by Crippen LogP contribution is -2.39. The van der Waals surface area contributed by atoms with Crippen LogP contribution >= 0.6 is 24.0 Å². The van der Waals surface area contributed by atoms with Crippen LogP contribution in [0.5, 0.6) is 5.75 Å². The van der Waals surface area contributed by atoms with Crippen LogP contribution in [0, 0.1) is 0 Å². The molecule has 0 spiro atoms. The van der Waals surface area contributed by atoms with E-state index in [4.69, 9.17) is 15.2 Å². The van der Waals surface area contributed by atoms with Gasteiger partial charge in [0.25, 0.3) is 0 Å². The number of guanidine groups is 1. The molecule has 0 aromatic heterocycles. The zero-order valence-electron chi connectivity index (χ0n) is 16.8. The average Bonchev–Trinajstić information content (AvgIpc) is 2.76. The van der Waals surface area contributed by atoms with Gasteiger partial charge in [0.2, 0.25) is 0 Å². The number of morpholine rings is 1. The number of halogens is 1. The van der Waals surface area contributed by atoms with Crippen LogP contribution < -0.4 is 15.8 Å². The summed E-state index contributed by atoms with van der Waals surface area (Å²) < 4.78 is 11.2. The van der Waals surface area contributed by atoms with Crippen molar-refractivity contribution in [1.82, 2.24) is 10.2 Å². The van der Waals surface area contributed by atoms with E-state index in [1.54, 1.807) is 0 Å². The highest BCUT2D eigenvalue weighted by Crippen LogP contribution is 2.13. The Kier molecular flexibility index (Phi) is 10.8. The first-order chi connectivity index (χ1) is 13.8. The highest BCUT2D eigenvalue weighted by atomic mass is 127. The summed E-state index contributed by atoms with van der Waals surface area (Å²) in [5.74, 6) is 1.37. The molecule has 3 N–H and O–H groups in total. The van der Waals surface area contributed by atoms with E-state index in [0.29, 0.717) is 19.1 Å². The van der Waals surface area contributed by atoms with Crippen LogP contribution in [0.4, 0.5) is 0 Å². The van der Waals surface area contributed by atoms with Crippen molar-refractivity contribution in [1.29, 1.82) is 0 Å². The Hall–Kier alpha value is -1.84. The summed E-state index contributed by atoms with van der Waals surface area (Å²) in [6.07, 6.45) is 1.04. The molecule has 0 radical (unpaired) electrons. The smallest absolute Gasteiger partial charge is 0.188 e. The quantitative estimate of drug-likeness (QED) is 0.235. The standard InChI is InChI=1S/C22H30N4O2.HI/c23-22(24-10-5-11-26-12-14-27-15-13-26)25-17-19-6-4-7-20(16-19)18-28-21-8-2-1-3-9-21;/h1-4,6-9,16H,5,10-15,17-18H2,(H3,23,24,25);1H. The fourth-order valence-corrected chi connectivity index (χ4v) is 3.08. The zero-order chi connectivity index (χ0) is 19.4. The van der Waals surface area contributed by atoms with Crippen LogP contribution in [0.2, 0.25) is 0 Å². The first-order valence-electron chi connectivity index (χ1n) is 9.89. The minimum atomic E-state index is 0. The van der Waals surface area contributed by atoms with E-state index in [1.165, 1.54) is 0 Å². The van der Waals surface area contributed by atoms with Crippen molar-refractivity contribution < 1.29 is 9.47 Å². The van der Waals surface area contributed by atoms with E-state index in [-0.39, 0.29) is 24.0 Å². The third-order valence-corrected chi connectivity index (χ3v) is 4.63. The van der Waals surface area contributed by atoms with Gasteiger partial charge in [0.05, 0.1) is 19.8 Å². The van der Waals surface area contributed by atoms with E-state index < -0.39 is 0 Å². The molecule has 3 rings (SSSR count). The van der Waals surface area contributed by atoms with Gasteiger partial charge in [-0.25, -0.2) is 4.99 Å². The maximum absolute atomic E-state index is 5.99. The SMILES string of the molecule is I.NC(=NCc1cccc(COc2ccccc2)c1)NCCCN1CCOCC1. The van der Waals surface area contributed by atoms with E-state index in [9.17, 15) is 0 Å². The van der Waals surface area contributed by atoms with Crippen LogP contribution in [-0.2, 0) is 17.9 Å². The second-order valence-corrected chi connectivity index (χ2v) is 6.86. The Bertz CT molecular complexity index is 737. The largest absolute Gasteiger partial charge is 0.489 e. The normalized spacial score (nSPS) is 14.8. The molecule has 2 aromatic rings. The second-order valence-electron chi connectivity index (χ2n) is 6.86. The van der Waals surface area contributed by atoms with Crippen LogP contribution in [0.25, 0.3) is 0 Å². The summed E-state index contributed by atoms with van der Waals surface area (Å²) in [5.41, 5.74) is 8.23. The fraction of sp³-hybridized carbons (Fsp3) is 0.409. The van der Waals surface area contributed by atoms with Gasteiger partial charge in [-0.2, -0.15) is 0 Å². The van der Waals surface area contributed by atoms with E-state index in [2.05, 4.69) is 33.4 Å². The van der Waals surface area contributed by atoms with Gasteiger partial charge in [-0.3, -0.25) is 4.90 Å². The Labute approximate surface area is 190 Å². The first kappa shape index (κ1) is 23.4. The second kappa shape index (κ2) is 13.4. The van der Waals surface area contributed by atoms with Gasteiger partial charge in [0.1, 0.15) is 12.4 Å². The number of rotatable bonds is 9. The number of para-hydroxylation sites is 1. The molecule has 1 heterocycles. The Morgan fingerprint density at radius 1 is 1.07 bits per heavy atom. The molecule has 158 valence electrons. The number of hydrogen-bond donors (Lipinski definition) is 2. The molecular formula is C22H31IN4O2. The van der Waals surface area contributed by atoms with Gasteiger partial charge in [-0.05, 0) is 36.2 Å². The predicted octanol–water partition coefficient (Wildman–Crippen LogP) is 3.01. The monoisotopic (exact) mass is 510 g/mol. The molecule has 7 heteroatoms. The maximum Gasteiger partial charge on any atom is 0.188 e. The summed E-state index contributed by atoms with van der Waals surface area (Å²) in [6, 6.07) is 18.1. The average molecular weight is 510 g/mol. The number of nitrogens with one attached hydrogen (secondary N) is 1. The summed E-state index contributed by atoms with van der Waals surface area (Å²) in [4.78, 5) is 6.87. The summed E-state index contributed by atoms with van der Waals surface area (Å²) in [5, 5.41) is 3.20. The lowest BCUT2D eigenvalue weighted by molar-refractivity contribution is 0.0376. The molecule has 1 saturated heterocycles. The number of benzene rings is 2. The maximum atomic E-state index is 5.99. The van der Waals surface area contributed by atoms with Crippen molar-refractivity contribution in [3.63, 3.8) is 0 Å². The lowest BCUT2D eigenvalue weighted by Gasteiger charge is -2.26. The molecule has 2 aromatic carbocycles. The molecule has 1 aliphatic rings. The number of aliphatic imine (C=N–C) groups is 1. The van der Waals surface area contributed by atoms with Gasteiger partial charge in [0, 0.05) is 19.6 Å². The topological polar surface area (TPSA) is 72.1 Å². The highest BCUT2D eigenvalue weighted by Gasteiger charge is 2.09. The van der Waals surface area contributed by atoms with Crippen molar-refractivity contribution >= 4 is 29.9 Å². The minimum absolute atomic E-state index is 0. The van der Waals surface area contributed by atoms with Crippen molar-refractivity contribution in [2.24, 2.45) is 10.7 Å². The first-order valence-corrected chi connectivity index (χ1v) is 9.89. The van der Waals surface area contributed by atoms with Gasteiger partial charge in [-0.1, -0.05) is 42.5 Å². The Morgan fingerprint density at radius 3 is 2.62 bits per heavy atom. The molecule has 29 heavy (non-hydrogen) atoms. The summed E-state index contributed by atoms with van der Waals surface area (Å²) >= 11 is 0. The van der Waals surface area contributed by atoms with Crippen molar-refractivity contribution in [3.8, 4) is 5.75 Å².